The Morgan fingerprint density at radius 1 is 1.42 bits per heavy atom. The molecule has 0 spiro atoms. The summed E-state index contributed by atoms with van der Waals surface area (Å²) in [5, 5.41) is 4.02. The average molecular weight is 257 g/mol. The van der Waals surface area contributed by atoms with E-state index < -0.39 is 0 Å². The van der Waals surface area contributed by atoms with Gasteiger partial charge in [-0.1, -0.05) is 0 Å². The standard InChI is InChI=1S/C14H15N3O2/c18-14(16-11-8-17-5-2-10(11)7-17)12-13-9(1-4-15-12)3-6-19-13/h1,3-4,6,10-11H,2,5,7-8H2,(H,16,18). The van der Waals surface area contributed by atoms with Crippen LogP contribution in [-0.4, -0.2) is 41.5 Å². The second-order valence-corrected chi connectivity index (χ2v) is 5.39. The fraction of sp³-hybridized carbons (Fsp3) is 0.429. The Morgan fingerprint density at radius 3 is 3.16 bits per heavy atom. The molecule has 2 aliphatic heterocycles. The van der Waals surface area contributed by atoms with Gasteiger partial charge in [0.25, 0.3) is 5.91 Å². The average Bonchev–Trinajstić information content (AvgIpc) is 3.13. The van der Waals surface area contributed by atoms with E-state index in [0.29, 0.717) is 17.2 Å². The van der Waals surface area contributed by atoms with E-state index in [1.54, 1.807) is 12.5 Å². The summed E-state index contributed by atoms with van der Waals surface area (Å²) < 4.78 is 5.36. The summed E-state index contributed by atoms with van der Waals surface area (Å²) in [6, 6.07) is 3.95. The molecule has 1 N–H and O–H groups in total. The molecule has 3 atom stereocenters. The number of hydrogen-bond acceptors (Lipinski definition) is 4. The monoisotopic (exact) mass is 257 g/mol. The number of fused-ring (bicyclic) bond motifs is 3. The number of aromatic nitrogens is 1. The first-order valence-electron chi connectivity index (χ1n) is 6.67. The summed E-state index contributed by atoms with van der Waals surface area (Å²) in [6.07, 6.45) is 4.42. The maximum atomic E-state index is 12.3. The minimum absolute atomic E-state index is 0.126. The highest BCUT2D eigenvalue weighted by Gasteiger charge is 2.39. The summed E-state index contributed by atoms with van der Waals surface area (Å²) in [6.45, 7) is 3.25. The normalized spacial score (nSPS) is 28.9. The summed E-state index contributed by atoms with van der Waals surface area (Å²) in [4.78, 5) is 18.9. The Kier molecular flexibility index (Phi) is 2.35. The van der Waals surface area contributed by atoms with Crippen LogP contribution >= 0.6 is 0 Å². The largest absolute Gasteiger partial charge is 0.462 e. The van der Waals surface area contributed by atoms with Crippen LogP contribution in [0.2, 0.25) is 0 Å². The predicted octanol–water partition coefficient (Wildman–Crippen LogP) is 1.26. The van der Waals surface area contributed by atoms with Crippen molar-refractivity contribution in [2.75, 3.05) is 19.6 Å². The molecule has 0 saturated carbocycles. The molecule has 0 radical (unpaired) electrons. The van der Waals surface area contributed by atoms with Crippen molar-refractivity contribution in [1.82, 2.24) is 15.2 Å². The minimum Gasteiger partial charge on any atom is -0.462 e. The minimum atomic E-state index is -0.126. The number of pyridine rings is 1. The topological polar surface area (TPSA) is 58.4 Å². The number of rotatable bonds is 2. The lowest BCUT2D eigenvalue weighted by Crippen LogP contribution is -2.43. The molecule has 5 nitrogen and oxygen atoms in total. The number of furan rings is 1. The summed E-state index contributed by atoms with van der Waals surface area (Å²) in [7, 11) is 0. The van der Waals surface area contributed by atoms with Gasteiger partial charge in [0.2, 0.25) is 0 Å². The fourth-order valence-corrected chi connectivity index (χ4v) is 3.24. The summed E-state index contributed by atoms with van der Waals surface area (Å²) >= 11 is 0. The van der Waals surface area contributed by atoms with Crippen LogP contribution in [0, 0.1) is 5.92 Å². The SMILES string of the molecule is O=C(NC1CN2CCC1C2)c1nccc2ccoc12. The molecule has 2 saturated heterocycles. The molecule has 0 aliphatic carbocycles. The van der Waals surface area contributed by atoms with Crippen LogP contribution in [0.3, 0.4) is 0 Å². The van der Waals surface area contributed by atoms with E-state index in [1.165, 1.54) is 13.0 Å². The molecule has 4 rings (SSSR count). The van der Waals surface area contributed by atoms with Crippen LogP contribution < -0.4 is 5.32 Å². The lowest BCUT2D eigenvalue weighted by Gasteiger charge is -2.22. The van der Waals surface area contributed by atoms with E-state index in [0.717, 1.165) is 18.5 Å². The lowest BCUT2D eigenvalue weighted by molar-refractivity contribution is 0.0920. The van der Waals surface area contributed by atoms with Crippen LogP contribution in [0.5, 0.6) is 0 Å². The van der Waals surface area contributed by atoms with Crippen LogP contribution in [0.25, 0.3) is 11.0 Å². The number of carbonyl (C=O) groups excluding carboxylic acids is 1. The molecule has 2 bridgehead atoms. The van der Waals surface area contributed by atoms with Crippen molar-refractivity contribution in [2.45, 2.75) is 12.5 Å². The van der Waals surface area contributed by atoms with Gasteiger partial charge >= 0.3 is 0 Å². The molecule has 2 aromatic rings. The molecular formula is C14H15N3O2. The third-order valence-electron chi connectivity index (χ3n) is 4.23. The van der Waals surface area contributed by atoms with Crippen LogP contribution in [0.15, 0.2) is 29.0 Å². The highest BCUT2D eigenvalue weighted by molar-refractivity contribution is 6.03. The zero-order chi connectivity index (χ0) is 12.8. The van der Waals surface area contributed by atoms with Gasteiger partial charge in [-0.05, 0) is 31.0 Å². The maximum absolute atomic E-state index is 12.3. The zero-order valence-corrected chi connectivity index (χ0v) is 10.5. The number of piperidine rings is 1. The molecule has 4 heterocycles. The molecule has 0 aromatic carbocycles. The molecular weight excluding hydrogens is 242 g/mol. The number of nitrogens with one attached hydrogen (secondary N) is 1. The van der Waals surface area contributed by atoms with Crippen molar-refractivity contribution in [2.24, 2.45) is 5.92 Å². The van der Waals surface area contributed by atoms with Gasteiger partial charge in [-0.15, -0.1) is 0 Å². The van der Waals surface area contributed by atoms with Gasteiger partial charge in [0.15, 0.2) is 11.3 Å². The predicted molar refractivity (Wildman–Crippen MR) is 69.8 cm³/mol. The van der Waals surface area contributed by atoms with E-state index >= 15 is 0 Å². The Morgan fingerprint density at radius 2 is 2.37 bits per heavy atom. The van der Waals surface area contributed by atoms with Crippen LogP contribution in [0.4, 0.5) is 0 Å². The van der Waals surface area contributed by atoms with Gasteiger partial charge in [-0.25, -0.2) is 4.98 Å². The van der Waals surface area contributed by atoms with Crippen molar-refractivity contribution in [3.05, 3.63) is 30.3 Å². The second-order valence-electron chi connectivity index (χ2n) is 5.39. The Labute approximate surface area is 110 Å². The second kappa shape index (κ2) is 4.06. The first-order chi connectivity index (χ1) is 9.31. The quantitative estimate of drug-likeness (QED) is 0.880. The molecule has 19 heavy (non-hydrogen) atoms. The molecule has 2 aliphatic rings. The van der Waals surface area contributed by atoms with Crippen LogP contribution in [0.1, 0.15) is 16.9 Å². The third kappa shape index (κ3) is 1.73. The van der Waals surface area contributed by atoms with Gasteiger partial charge < -0.3 is 14.6 Å². The lowest BCUT2D eigenvalue weighted by atomic mass is 10.00. The highest BCUT2D eigenvalue weighted by atomic mass is 16.3. The fourth-order valence-electron chi connectivity index (χ4n) is 3.24. The first-order valence-corrected chi connectivity index (χ1v) is 6.67. The van der Waals surface area contributed by atoms with Crippen molar-refractivity contribution >= 4 is 16.9 Å². The van der Waals surface area contributed by atoms with Crippen LogP contribution in [-0.2, 0) is 0 Å². The number of nitrogens with zero attached hydrogens (tertiary/aromatic N) is 2. The van der Waals surface area contributed by atoms with E-state index in [2.05, 4.69) is 15.2 Å². The molecule has 2 fully saturated rings. The van der Waals surface area contributed by atoms with Gasteiger partial charge in [0, 0.05) is 30.7 Å². The van der Waals surface area contributed by atoms with Gasteiger partial charge in [-0.2, -0.15) is 0 Å². The maximum Gasteiger partial charge on any atom is 0.274 e. The zero-order valence-electron chi connectivity index (χ0n) is 10.5. The van der Waals surface area contributed by atoms with Gasteiger partial charge in [0.05, 0.1) is 6.26 Å². The molecule has 5 heteroatoms. The van der Waals surface area contributed by atoms with Crippen molar-refractivity contribution < 1.29 is 9.21 Å². The van der Waals surface area contributed by atoms with Crippen molar-refractivity contribution in [1.29, 1.82) is 0 Å². The number of hydrogen-bond donors (Lipinski definition) is 1. The van der Waals surface area contributed by atoms with E-state index in [-0.39, 0.29) is 11.9 Å². The number of carbonyl (C=O) groups is 1. The number of amides is 1. The highest BCUT2D eigenvalue weighted by Crippen LogP contribution is 2.28. The molecule has 98 valence electrons. The van der Waals surface area contributed by atoms with E-state index in [1.807, 2.05) is 12.1 Å². The first kappa shape index (κ1) is 11.0. The molecule has 1 amide bonds. The van der Waals surface area contributed by atoms with E-state index in [4.69, 9.17) is 4.42 Å². The molecule has 3 unspecified atom stereocenters. The Hall–Kier alpha value is -1.88. The van der Waals surface area contributed by atoms with Crippen molar-refractivity contribution in [3.8, 4) is 0 Å². The smallest absolute Gasteiger partial charge is 0.274 e. The summed E-state index contributed by atoms with van der Waals surface area (Å²) in [5.41, 5.74) is 0.962. The Balaban J connectivity index is 1.59. The van der Waals surface area contributed by atoms with Crippen molar-refractivity contribution in [3.63, 3.8) is 0 Å². The van der Waals surface area contributed by atoms with Gasteiger partial charge in [0.1, 0.15) is 0 Å². The summed E-state index contributed by atoms with van der Waals surface area (Å²) in [5.74, 6) is 0.471. The van der Waals surface area contributed by atoms with Gasteiger partial charge in [-0.3, -0.25) is 4.79 Å². The Bertz CT molecular complexity index is 636. The van der Waals surface area contributed by atoms with E-state index in [9.17, 15) is 4.79 Å². The third-order valence-corrected chi connectivity index (χ3v) is 4.23. The molecule has 2 aromatic heterocycles.